The van der Waals surface area contributed by atoms with Gasteiger partial charge >= 0.3 is 5.97 Å². The molecule has 0 unspecified atom stereocenters. The Kier molecular flexibility index (Phi) is 3.23. The highest BCUT2D eigenvalue weighted by Gasteiger charge is 2.25. The first-order valence-corrected chi connectivity index (χ1v) is 6.33. The topological polar surface area (TPSA) is 37.3 Å². The van der Waals surface area contributed by atoms with Gasteiger partial charge in [0.15, 0.2) is 0 Å². The van der Waals surface area contributed by atoms with Crippen LogP contribution in [-0.2, 0) is 23.1 Å². The molecule has 0 spiro atoms. The number of carboxylic acids is 1. The molecule has 2 rings (SSSR count). The van der Waals surface area contributed by atoms with Gasteiger partial charge in [-0.15, -0.1) is 0 Å². The van der Waals surface area contributed by atoms with Gasteiger partial charge in [0.2, 0.25) is 0 Å². The summed E-state index contributed by atoms with van der Waals surface area (Å²) in [5.41, 5.74) is 3.75. The van der Waals surface area contributed by atoms with E-state index in [1.807, 2.05) is 13.8 Å². The number of aryl methyl sites for hydroxylation is 2. The average Bonchev–Trinajstić information content (AvgIpc) is 2.26. The SMILES string of the molecule is CC(C)(CC(=O)O)c1ccc2c(c1)CCCC2. The molecule has 1 aromatic rings. The van der Waals surface area contributed by atoms with E-state index in [1.54, 1.807) is 0 Å². The summed E-state index contributed by atoms with van der Waals surface area (Å²) in [6, 6.07) is 6.51. The smallest absolute Gasteiger partial charge is 0.304 e. The highest BCUT2D eigenvalue weighted by Crippen LogP contribution is 2.31. The molecule has 0 saturated carbocycles. The van der Waals surface area contributed by atoms with Crippen molar-refractivity contribution in [2.45, 2.75) is 51.4 Å². The van der Waals surface area contributed by atoms with Crippen molar-refractivity contribution in [2.24, 2.45) is 0 Å². The lowest BCUT2D eigenvalue weighted by molar-refractivity contribution is -0.138. The number of hydrogen-bond donors (Lipinski definition) is 1. The summed E-state index contributed by atoms with van der Waals surface area (Å²) in [6.45, 7) is 4.01. The van der Waals surface area contributed by atoms with Gasteiger partial charge in [-0.2, -0.15) is 0 Å². The number of hydrogen-bond acceptors (Lipinski definition) is 1. The van der Waals surface area contributed by atoms with Gasteiger partial charge in [0, 0.05) is 5.41 Å². The Labute approximate surface area is 103 Å². The van der Waals surface area contributed by atoms with E-state index in [9.17, 15) is 4.79 Å². The highest BCUT2D eigenvalue weighted by molar-refractivity contribution is 5.69. The van der Waals surface area contributed by atoms with Gasteiger partial charge in [0.1, 0.15) is 0 Å². The van der Waals surface area contributed by atoms with Crippen molar-refractivity contribution < 1.29 is 9.90 Å². The molecule has 1 aliphatic carbocycles. The number of benzene rings is 1. The van der Waals surface area contributed by atoms with E-state index in [4.69, 9.17) is 5.11 Å². The molecule has 0 bridgehead atoms. The summed E-state index contributed by atoms with van der Waals surface area (Å²) in [5.74, 6) is -0.729. The van der Waals surface area contributed by atoms with Crippen molar-refractivity contribution in [2.75, 3.05) is 0 Å². The van der Waals surface area contributed by atoms with Crippen LogP contribution in [0.3, 0.4) is 0 Å². The minimum absolute atomic E-state index is 0.186. The second-order valence-corrected chi connectivity index (χ2v) is 5.64. The maximum atomic E-state index is 10.9. The Morgan fingerprint density at radius 2 is 1.88 bits per heavy atom. The summed E-state index contributed by atoms with van der Waals surface area (Å²) < 4.78 is 0. The molecule has 92 valence electrons. The van der Waals surface area contributed by atoms with Crippen LogP contribution in [0.1, 0.15) is 49.8 Å². The van der Waals surface area contributed by atoms with E-state index in [1.165, 1.54) is 30.4 Å². The molecule has 2 nitrogen and oxygen atoms in total. The fourth-order valence-electron chi connectivity index (χ4n) is 2.63. The third-order valence-corrected chi connectivity index (χ3v) is 3.72. The maximum Gasteiger partial charge on any atom is 0.304 e. The lowest BCUT2D eigenvalue weighted by Crippen LogP contribution is -2.22. The molecule has 0 aliphatic heterocycles. The van der Waals surface area contributed by atoms with Crippen LogP contribution in [0, 0.1) is 0 Å². The van der Waals surface area contributed by atoms with Gasteiger partial charge in [-0.3, -0.25) is 4.79 Å². The Hall–Kier alpha value is -1.31. The van der Waals surface area contributed by atoms with Gasteiger partial charge < -0.3 is 5.11 Å². The molecule has 1 aliphatic rings. The fraction of sp³-hybridized carbons (Fsp3) is 0.533. The molecule has 0 atom stereocenters. The molecule has 17 heavy (non-hydrogen) atoms. The molecule has 0 amide bonds. The van der Waals surface area contributed by atoms with Crippen LogP contribution in [0.5, 0.6) is 0 Å². The summed E-state index contributed by atoms with van der Waals surface area (Å²) >= 11 is 0. The first-order valence-electron chi connectivity index (χ1n) is 6.33. The monoisotopic (exact) mass is 232 g/mol. The lowest BCUT2D eigenvalue weighted by atomic mass is 9.79. The summed E-state index contributed by atoms with van der Waals surface area (Å²) in [4.78, 5) is 10.9. The van der Waals surface area contributed by atoms with Crippen molar-refractivity contribution >= 4 is 5.97 Å². The van der Waals surface area contributed by atoms with E-state index >= 15 is 0 Å². The van der Waals surface area contributed by atoms with Crippen LogP contribution in [0.15, 0.2) is 18.2 Å². The molecule has 0 fully saturated rings. The average molecular weight is 232 g/mol. The van der Waals surface area contributed by atoms with Gasteiger partial charge in [0.25, 0.3) is 0 Å². The van der Waals surface area contributed by atoms with E-state index in [0.717, 1.165) is 12.0 Å². The van der Waals surface area contributed by atoms with Gasteiger partial charge in [-0.25, -0.2) is 0 Å². The third-order valence-electron chi connectivity index (χ3n) is 3.72. The van der Waals surface area contributed by atoms with E-state index < -0.39 is 5.97 Å². The molecule has 1 N–H and O–H groups in total. The van der Waals surface area contributed by atoms with E-state index in [2.05, 4.69) is 18.2 Å². The number of rotatable bonds is 3. The number of fused-ring (bicyclic) bond motifs is 1. The largest absolute Gasteiger partial charge is 0.481 e. The van der Waals surface area contributed by atoms with Crippen LogP contribution < -0.4 is 0 Å². The quantitative estimate of drug-likeness (QED) is 0.868. The number of aliphatic carboxylic acids is 1. The first-order chi connectivity index (χ1) is 7.99. The third kappa shape index (κ3) is 2.68. The van der Waals surface area contributed by atoms with Crippen LogP contribution in [0.2, 0.25) is 0 Å². The lowest BCUT2D eigenvalue weighted by Gasteiger charge is -2.26. The van der Waals surface area contributed by atoms with Crippen LogP contribution in [-0.4, -0.2) is 11.1 Å². The fourth-order valence-corrected chi connectivity index (χ4v) is 2.63. The van der Waals surface area contributed by atoms with E-state index in [0.29, 0.717) is 0 Å². The molecule has 1 aromatic carbocycles. The Bertz CT molecular complexity index is 433. The second kappa shape index (κ2) is 4.52. The van der Waals surface area contributed by atoms with Crippen molar-refractivity contribution in [1.29, 1.82) is 0 Å². The van der Waals surface area contributed by atoms with Crippen LogP contribution in [0.25, 0.3) is 0 Å². The molecule has 0 heterocycles. The van der Waals surface area contributed by atoms with E-state index in [-0.39, 0.29) is 11.8 Å². The Morgan fingerprint density at radius 1 is 1.24 bits per heavy atom. The summed E-state index contributed by atoms with van der Waals surface area (Å²) in [6.07, 6.45) is 5.05. The molecular weight excluding hydrogens is 212 g/mol. The Balaban J connectivity index is 2.30. The van der Waals surface area contributed by atoms with Gasteiger partial charge in [-0.1, -0.05) is 32.0 Å². The van der Waals surface area contributed by atoms with Crippen LogP contribution in [0.4, 0.5) is 0 Å². The van der Waals surface area contributed by atoms with Gasteiger partial charge in [0.05, 0.1) is 6.42 Å². The summed E-state index contributed by atoms with van der Waals surface area (Å²) in [5, 5.41) is 8.95. The number of carbonyl (C=O) groups is 1. The minimum Gasteiger partial charge on any atom is -0.481 e. The zero-order chi connectivity index (χ0) is 12.5. The van der Waals surface area contributed by atoms with Crippen molar-refractivity contribution in [3.05, 3.63) is 34.9 Å². The van der Waals surface area contributed by atoms with Crippen molar-refractivity contribution in [3.63, 3.8) is 0 Å². The molecule has 0 aromatic heterocycles. The highest BCUT2D eigenvalue weighted by atomic mass is 16.4. The predicted molar refractivity (Wildman–Crippen MR) is 68.4 cm³/mol. The Morgan fingerprint density at radius 3 is 2.53 bits per heavy atom. The standard InChI is InChI=1S/C15H20O2/c1-15(2,10-14(16)17)13-8-7-11-5-3-4-6-12(11)9-13/h7-9H,3-6,10H2,1-2H3,(H,16,17). The molecule has 0 saturated heterocycles. The van der Waals surface area contributed by atoms with Crippen molar-refractivity contribution in [3.8, 4) is 0 Å². The minimum atomic E-state index is -0.729. The number of carboxylic acid groups (broad SMARTS) is 1. The first kappa shape index (κ1) is 12.2. The second-order valence-electron chi connectivity index (χ2n) is 5.64. The zero-order valence-electron chi connectivity index (χ0n) is 10.6. The molecule has 0 radical (unpaired) electrons. The van der Waals surface area contributed by atoms with Gasteiger partial charge in [-0.05, 0) is 42.4 Å². The summed E-state index contributed by atoms with van der Waals surface area (Å²) in [7, 11) is 0. The molecular formula is C15H20O2. The maximum absolute atomic E-state index is 10.9. The predicted octanol–water partition coefficient (Wildman–Crippen LogP) is 3.32. The molecule has 2 heteroatoms. The zero-order valence-corrected chi connectivity index (χ0v) is 10.6. The van der Waals surface area contributed by atoms with Crippen molar-refractivity contribution in [1.82, 2.24) is 0 Å². The normalized spacial score (nSPS) is 15.4. The van der Waals surface area contributed by atoms with Crippen LogP contribution >= 0.6 is 0 Å².